The van der Waals surface area contributed by atoms with Gasteiger partial charge in [-0.15, -0.1) is 0 Å². The first kappa shape index (κ1) is 22.0. The van der Waals surface area contributed by atoms with Crippen LogP contribution < -0.4 is 0 Å². The maximum atomic E-state index is 13.1. The van der Waals surface area contributed by atoms with Crippen molar-refractivity contribution < 1.29 is 19.4 Å². The average molecular weight is 415 g/mol. The highest BCUT2D eigenvalue weighted by Gasteiger charge is 2.64. The summed E-state index contributed by atoms with van der Waals surface area (Å²) in [6.07, 6.45) is 13.1. The van der Waals surface area contributed by atoms with Gasteiger partial charge in [0, 0.05) is 23.9 Å². The summed E-state index contributed by atoms with van der Waals surface area (Å²) in [5.74, 6) is 0.864. The molecule has 0 heterocycles. The van der Waals surface area contributed by atoms with Crippen LogP contribution in [0.2, 0.25) is 0 Å². The van der Waals surface area contributed by atoms with Gasteiger partial charge in [0.05, 0.1) is 0 Å². The first-order valence-corrected chi connectivity index (χ1v) is 12.0. The maximum absolute atomic E-state index is 13.1. The summed E-state index contributed by atoms with van der Waals surface area (Å²) in [5, 5.41) is 11.6. The Hall–Kier alpha value is -1.26. The van der Waals surface area contributed by atoms with Gasteiger partial charge in [0.15, 0.2) is 11.6 Å². The van der Waals surface area contributed by atoms with Crippen molar-refractivity contribution in [3.63, 3.8) is 0 Å². The Balaban J connectivity index is 1.54. The van der Waals surface area contributed by atoms with Crippen LogP contribution in [0.5, 0.6) is 0 Å². The predicted octanol–water partition coefficient (Wildman–Crippen LogP) is 4.95. The number of ether oxygens (including phenoxy) is 1. The number of Topliss-reactive ketones (excluding diaryl/α,β-unsaturated/α-hetero) is 1. The lowest BCUT2D eigenvalue weighted by Crippen LogP contribution is -2.55. The van der Waals surface area contributed by atoms with Crippen molar-refractivity contribution in [1.29, 1.82) is 0 Å². The quantitative estimate of drug-likeness (QED) is 0.473. The van der Waals surface area contributed by atoms with E-state index >= 15 is 0 Å². The van der Waals surface area contributed by atoms with Crippen molar-refractivity contribution in [1.82, 2.24) is 0 Å². The Bertz CT molecular complexity index is 780. The van der Waals surface area contributed by atoms with Gasteiger partial charge >= 0.3 is 0 Å². The average Bonchev–Trinajstić information content (AvgIpc) is 3.00. The molecule has 2 saturated carbocycles. The number of carbonyl (C=O) groups excluding carboxylic acids is 2. The molecule has 0 unspecified atom stereocenters. The number of carbonyl (C=O) groups is 2. The molecule has 30 heavy (non-hydrogen) atoms. The summed E-state index contributed by atoms with van der Waals surface area (Å²) >= 11 is 0. The highest BCUT2D eigenvalue weighted by molar-refractivity contribution is 5.92. The SMILES string of the molecule is CCCCCOCC(=O)[C@@]1(O)CC[C@H]2[C@@H]3CCC4=CC(=O)CC[C@]4(C)C3=CC[C@@]21C. The largest absolute Gasteiger partial charge is 0.381 e. The van der Waals surface area contributed by atoms with Crippen molar-refractivity contribution in [3.8, 4) is 0 Å². The Morgan fingerprint density at radius 2 is 2.00 bits per heavy atom. The molecular formula is C26H38O4. The third-order valence-corrected chi connectivity index (χ3v) is 9.08. The van der Waals surface area contributed by atoms with E-state index < -0.39 is 11.0 Å². The van der Waals surface area contributed by atoms with Crippen molar-refractivity contribution in [3.05, 3.63) is 23.3 Å². The number of unbranched alkanes of at least 4 members (excludes halogenated alkanes) is 2. The second-order valence-corrected chi connectivity index (χ2v) is 10.6. The maximum Gasteiger partial charge on any atom is 0.190 e. The molecule has 0 aromatic heterocycles. The number of rotatable bonds is 7. The molecule has 0 aromatic carbocycles. The van der Waals surface area contributed by atoms with Crippen LogP contribution in [0.3, 0.4) is 0 Å². The van der Waals surface area contributed by atoms with Crippen LogP contribution in [0.4, 0.5) is 0 Å². The normalized spacial score (nSPS) is 40.2. The Kier molecular flexibility index (Phi) is 5.87. The minimum Gasteiger partial charge on any atom is -0.381 e. The van der Waals surface area contributed by atoms with Gasteiger partial charge in [0.25, 0.3) is 0 Å². The summed E-state index contributed by atoms with van der Waals surface area (Å²) in [7, 11) is 0. The van der Waals surface area contributed by atoms with Gasteiger partial charge in [0.1, 0.15) is 12.2 Å². The Labute approximate surface area is 181 Å². The van der Waals surface area contributed by atoms with E-state index in [9.17, 15) is 14.7 Å². The summed E-state index contributed by atoms with van der Waals surface area (Å²) < 4.78 is 5.64. The van der Waals surface area contributed by atoms with Crippen molar-refractivity contribution >= 4 is 11.6 Å². The van der Waals surface area contributed by atoms with Crippen LogP contribution in [-0.4, -0.2) is 35.5 Å². The molecule has 0 bridgehead atoms. The molecule has 5 atom stereocenters. The Morgan fingerprint density at radius 3 is 2.77 bits per heavy atom. The number of hydrogen-bond acceptors (Lipinski definition) is 4. The van der Waals surface area contributed by atoms with E-state index in [1.165, 1.54) is 11.1 Å². The van der Waals surface area contributed by atoms with Crippen molar-refractivity contribution in [2.75, 3.05) is 13.2 Å². The molecular weight excluding hydrogens is 376 g/mol. The lowest BCUT2D eigenvalue weighted by molar-refractivity contribution is -0.157. The second-order valence-electron chi connectivity index (χ2n) is 10.6. The fourth-order valence-corrected chi connectivity index (χ4v) is 7.07. The molecule has 1 N–H and O–H groups in total. The molecule has 4 heteroatoms. The van der Waals surface area contributed by atoms with Gasteiger partial charge in [-0.25, -0.2) is 0 Å². The third-order valence-electron chi connectivity index (χ3n) is 9.08. The van der Waals surface area contributed by atoms with Crippen molar-refractivity contribution in [2.45, 2.75) is 90.6 Å². The molecule has 0 spiro atoms. The lowest BCUT2D eigenvalue weighted by Gasteiger charge is -2.54. The number of aliphatic hydroxyl groups is 1. The van der Waals surface area contributed by atoms with Gasteiger partial charge in [-0.2, -0.15) is 0 Å². The highest BCUT2D eigenvalue weighted by atomic mass is 16.5. The van der Waals surface area contributed by atoms with Gasteiger partial charge in [-0.05, 0) is 62.9 Å². The molecule has 2 fully saturated rings. The summed E-state index contributed by atoms with van der Waals surface area (Å²) in [4.78, 5) is 25.1. The van der Waals surface area contributed by atoms with Gasteiger partial charge in [0.2, 0.25) is 0 Å². The number of allylic oxidation sites excluding steroid dienone is 4. The number of hydrogen-bond donors (Lipinski definition) is 1. The Morgan fingerprint density at radius 1 is 1.20 bits per heavy atom. The predicted molar refractivity (Wildman–Crippen MR) is 117 cm³/mol. The molecule has 4 rings (SSSR count). The van der Waals surface area contributed by atoms with Crippen LogP contribution in [0.1, 0.15) is 85.0 Å². The summed E-state index contributed by atoms with van der Waals surface area (Å²) in [6, 6.07) is 0. The zero-order chi connectivity index (χ0) is 21.6. The topological polar surface area (TPSA) is 63.6 Å². The molecule has 0 aromatic rings. The molecule has 166 valence electrons. The molecule has 4 nitrogen and oxygen atoms in total. The molecule has 0 saturated heterocycles. The molecule has 0 radical (unpaired) electrons. The number of ketones is 2. The van der Waals surface area contributed by atoms with Gasteiger partial charge in [-0.1, -0.05) is 50.8 Å². The zero-order valence-corrected chi connectivity index (χ0v) is 19.0. The van der Waals surface area contributed by atoms with Gasteiger partial charge < -0.3 is 9.84 Å². The van der Waals surface area contributed by atoms with Crippen LogP contribution in [0.25, 0.3) is 0 Å². The minimum absolute atomic E-state index is 0.00867. The third kappa shape index (κ3) is 3.26. The standard InChI is InChI=1S/C26H38O4/c1-4-5-6-15-30-17-23(28)26(29)14-11-22-20-8-7-18-16-19(27)9-12-24(18,2)21(20)10-13-25(22,26)3/h10,16,20,22,29H,4-9,11-15,17H2,1-3H3/t20-,22+,24+,25+,26+/m1/s1. The van der Waals surface area contributed by atoms with E-state index in [0.29, 0.717) is 31.3 Å². The fourth-order valence-electron chi connectivity index (χ4n) is 7.07. The molecule has 4 aliphatic rings. The molecule has 0 amide bonds. The molecule has 4 aliphatic carbocycles. The van der Waals surface area contributed by atoms with Gasteiger partial charge in [-0.3, -0.25) is 9.59 Å². The molecule has 0 aliphatic heterocycles. The van der Waals surface area contributed by atoms with Crippen LogP contribution in [0.15, 0.2) is 23.3 Å². The smallest absolute Gasteiger partial charge is 0.190 e. The highest BCUT2D eigenvalue weighted by Crippen LogP contribution is 2.65. The van der Waals surface area contributed by atoms with Crippen LogP contribution >= 0.6 is 0 Å². The van der Waals surface area contributed by atoms with E-state index in [0.717, 1.165) is 51.4 Å². The lowest BCUT2D eigenvalue weighted by atomic mass is 9.50. The summed E-state index contributed by atoms with van der Waals surface area (Å²) in [5.41, 5.74) is 1.06. The van der Waals surface area contributed by atoms with E-state index in [2.05, 4.69) is 26.8 Å². The zero-order valence-electron chi connectivity index (χ0n) is 19.0. The first-order valence-electron chi connectivity index (χ1n) is 12.0. The fraction of sp³-hybridized carbons (Fsp3) is 0.769. The second kappa shape index (κ2) is 8.02. The minimum atomic E-state index is -1.29. The number of fused-ring (bicyclic) bond motifs is 5. The first-order chi connectivity index (χ1) is 14.3. The monoisotopic (exact) mass is 414 g/mol. The van der Waals surface area contributed by atoms with Crippen LogP contribution in [0, 0.1) is 22.7 Å². The van der Waals surface area contributed by atoms with E-state index in [1.807, 2.05) is 6.08 Å². The van der Waals surface area contributed by atoms with E-state index in [1.54, 1.807) is 0 Å². The van der Waals surface area contributed by atoms with Crippen LogP contribution in [-0.2, 0) is 14.3 Å². The summed E-state index contributed by atoms with van der Waals surface area (Å²) in [6.45, 7) is 7.20. The van der Waals surface area contributed by atoms with E-state index in [-0.39, 0.29) is 23.6 Å². The van der Waals surface area contributed by atoms with E-state index in [4.69, 9.17) is 4.74 Å². The van der Waals surface area contributed by atoms with Crippen molar-refractivity contribution in [2.24, 2.45) is 22.7 Å².